The second-order valence-electron chi connectivity index (χ2n) is 3.97. The monoisotopic (exact) mass is 232 g/mol. The fourth-order valence-electron chi connectivity index (χ4n) is 1.58. The van der Waals surface area contributed by atoms with Gasteiger partial charge in [0.05, 0.1) is 0 Å². The van der Waals surface area contributed by atoms with E-state index in [0.717, 1.165) is 31.4 Å². The van der Waals surface area contributed by atoms with E-state index in [1.807, 2.05) is 36.6 Å². The summed E-state index contributed by atoms with van der Waals surface area (Å²) < 4.78 is 0. The Labute approximate surface area is 102 Å². The van der Waals surface area contributed by atoms with Gasteiger partial charge < -0.3 is 5.32 Å². The van der Waals surface area contributed by atoms with Crippen LogP contribution in [0.1, 0.15) is 38.5 Å². The van der Waals surface area contributed by atoms with Gasteiger partial charge in [-0.25, -0.2) is 0 Å². The van der Waals surface area contributed by atoms with Crippen molar-refractivity contribution in [1.82, 2.24) is 0 Å². The maximum Gasteiger partial charge on any atom is 0.224 e. The van der Waals surface area contributed by atoms with Gasteiger partial charge in [0.2, 0.25) is 5.91 Å². The molecule has 3 heteroatoms. The first-order valence-electron chi connectivity index (χ1n) is 6.03. The van der Waals surface area contributed by atoms with Crippen LogP contribution in [-0.4, -0.2) is 12.2 Å². The minimum atomic E-state index is 0.0538. The average molecular weight is 232 g/mol. The summed E-state index contributed by atoms with van der Waals surface area (Å²) in [5, 5.41) is 2.84. The van der Waals surface area contributed by atoms with Gasteiger partial charge in [-0.05, 0) is 25.0 Å². The summed E-state index contributed by atoms with van der Waals surface area (Å²) in [5.41, 5.74) is 0.841. The predicted octanol–water partition coefficient (Wildman–Crippen LogP) is 3.08. The molecule has 91 valence electrons. The molecule has 0 fully saturated rings. The van der Waals surface area contributed by atoms with Gasteiger partial charge in [0.1, 0.15) is 0 Å². The van der Waals surface area contributed by atoms with E-state index in [-0.39, 0.29) is 5.91 Å². The van der Waals surface area contributed by atoms with Gasteiger partial charge in [0.15, 0.2) is 6.29 Å². The first-order chi connectivity index (χ1) is 8.33. The Balaban J connectivity index is 2.07. The fraction of sp³-hybridized carbons (Fsp3) is 0.429. The zero-order chi connectivity index (χ0) is 12.3. The molecule has 0 saturated carbocycles. The molecule has 0 bridgehead atoms. The molecule has 1 N–H and O–H groups in total. The maximum absolute atomic E-state index is 11.5. The molecule has 0 aromatic heterocycles. The molecule has 0 aliphatic heterocycles. The van der Waals surface area contributed by atoms with Crippen LogP contribution in [0.15, 0.2) is 30.3 Å². The number of anilines is 1. The minimum absolute atomic E-state index is 0.0538. The van der Waals surface area contributed by atoms with Crippen LogP contribution in [0.25, 0.3) is 0 Å². The van der Waals surface area contributed by atoms with E-state index in [2.05, 4.69) is 5.32 Å². The third-order valence-corrected chi connectivity index (χ3v) is 2.49. The summed E-state index contributed by atoms with van der Waals surface area (Å²) in [7, 11) is 0. The molecule has 0 heterocycles. The molecule has 0 unspecified atom stereocenters. The van der Waals surface area contributed by atoms with Gasteiger partial charge in [-0.15, -0.1) is 0 Å². The van der Waals surface area contributed by atoms with E-state index in [1.165, 1.54) is 0 Å². The topological polar surface area (TPSA) is 46.2 Å². The minimum Gasteiger partial charge on any atom is -0.326 e. The number of nitrogens with one attached hydrogen (secondary N) is 1. The Morgan fingerprint density at radius 1 is 1.06 bits per heavy atom. The number of para-hydroxylation sites is 1. The molecule has 3 nitrogen and oxygen atoms in total. The number of hydrogen-bond donors (Lipinski definition) is 1. The van der Waals surface area contributed by atoms with E-state index in [0.29, 0.717) is 12.8 Å². The lowest BCUT2D eigenvalue weighted by Gasteiger charge is -2.04. The SMILES string of the molecule is O=[C]CCCCCCC(=O)Nc1ccccc1. The van der Waals surface area contributed by atoms with Crippen molar-refractivity contribution >= 4 is 17.9 Å². The lowest BCUT2D eigenvalue weighted by Crippen LogP contribution is -2.10. The number of benzene rings is 1. The molecule has 0 spiro atoms. The summed E-state index contributed by atoms with van der Waals surface area (Å²) in [5.74, 6) is 0.0538. The molecular weight excluding hydrogens is 214 g/mol. The normalized spacial score (nSPS) is 9.88. The van der Waals surface area contributed by atoms with Crippen LogP contribution in [0.4, 0.5) is 5.69 Å². The maximum atomic E-state index is 11.5. The number of amides is 1. The Morgan fingerprint density at radius 2 is 1.76 bits per heavy atom. The Kier molecular flexibility index (Phi) is 6.72. The van der Waals surface area contributed by atoms with Gasteiger partial charge in [0.25, 0.3) is 0 Å². The average Bonchev–Trinajstić information content (AvgIpc) is 2.35. The van der Waals surface area contributed by atoms with Crippen molar-refractivity contribution in [3.05, 3.63) is 30.3 Å². The molecular formula is C14H18NO2. The quantitative estimate of drug-likeness (QED) is 0.700. The van der Waals surface area contributed by atoms with E-state index in [1.54, 1.807) is 0 Å². The highest BCUT2D eigenvalue weighted by Crippen LogP contribution is 2.08. The van der Waals surface area contributed by atoms with Crippen LogP contribution in [0.2, 0.25) is 0 Å². The van der Waals surface area contributed by atoms with Crippen LogP contribution < -0.4 is 5.32 Å². The highest BCUT2D eigenvalue weighted by Gasteiger charge is 2.01. The molecule has 1 aromatic carbocycles. The summed E-state index contributed by atoms with van der Waals surface area (Å²) in [4.78, 5) is 21.5. The van der Waals surface area contributed by atoms with Crippen molar-refractivity contribution in [2.24, 2.45) is 0 Å². The van der Waals surface area contributed by atoms with Crippen LogP contribution >= 0.6 is 0 Å². The van der Waals surface area contributed by atoms with E-state index in [4.69, 9.17) is 0 Å². The number of carbonyl (C=O) groups is 1. The Bertz CT molecular complexity index is 335. The second-order valence-corrected chi connectivity index (χ2v) is 3.97. The van der Waals surface area contributed by atoms with Gasteiger partial charge in [0, 0.05) is 18.5 Å². The Morgan fingerprint density at radius 3 is 2.47 bits per heavy atom. The Hall–Kier alpha value is -1.64. The lowest BCUT2D eigenvalue weighted by atomic mass is 10.1. The van der Waals surface area contributed by atoms with Gasteiger partial charge in [-0.2, -0.15) is 0 Å². The lowest BCUT2D eigenvalue weighted by molar-refractivity contribution is -0.116. The van der Waals surface area contributed by atoms with Crippen LogP contribution in [0.5, 0.6) is 0 Å². The van der Waals surface area contributed by atoms with Gasteiger partial charge in [-0.3, -0.25) is 9.59 Å². The summed E-state index contributed by atoms with van der Waals surface area (Å²) in [6, 6.07) is 9.45. The van der Waals surface area contributed by atoms with Crippen molar-refractivity contribution in [2.45, 2.75) is 38.5 Å². The number of rotatable bonds is 8. The number of carbonyl (C=O) groups excluding carboxylic acids is 2. The first kappa shape index (κ1) is 13.4. The summed E-state index contributed by atoms with van der Waals surface area (Å²) >= 11 is 0. The number of unbranched alkanes of at least 4 members (excludes halogenated alkanes) is 4. The largest absolute Gasteiger partial charge is 0.326 e. The third kappa shape index (κ3) is 6.51. The van der Waals surface area contributed by atoms with Crippen molar-refractivity contribution in [3.63, 3.8) is 0 Å². The predicted molar refractivity (Wildman–Crippen MR) is 68.5 cm³/mol. The van der Waals surface area contributed by atoms with Crippen molar-refractivity contribution in [2.75, 3.05) is 5.32 Å². The summed E-state index contributed by atoms with van der Waals surface area (Å²) in [6.07, 6.45) is 6.66. The zero-order valence-electron chi connectivity index (χ0n) is 9.95. The number of hydrogen-bond acceptors (Lipinski definition) is 2. The first-order valence-corrected chi connectivity index (χ1v) is 6.03. The van der Waals surface area contributed by atoms with Crippen molar-refractivity contribution < 1.29 is 9.59 Å². The van der Waals surface area contributed by atoms with Crippen LogP contribution in [0.3, 0.4) is 0 Å². The zero-order valence-corrected chi connectivity index (χ0v) is 9.95. The molecule has 0 aliphatic rings. The molecule has 1 radical (unpaired) electrons. The van der Waals surface area contributed by atoms with Gasteiger partial charge >= 0.3 is 0 Å². The fourth-order valence-corrected chi connectivity index (χ4v) is 1.58. The van der Waals surface area contributed by atoms with Crippen LogP contribution in [-0.2, 0) is 9.59 Å². The van der Waals surface area contributed by atoms with E-state index < -0.39 is 0 Å². The molecule has 0 aliphatic carbocycles. The molecule has 1 rings (SSSR count). The molecule has 1 aromatic rings. The standard InChI is InChI=1S/C14H18NO2/c16-12-8-3-1-2-7-11-14(17)15-13-9-5-4-6-10-13/h4-6,9-10H,1-3,7-8,11H2,(H,15,17). The molecule has 1 amide bonds. The van der Waals surface area contributed by atoms with Crippen molar-refractivity contribution in [1.29, 1.82) is 0 Å². The third-order valence-electron chi connectivity index (χ3n) is 2.49. The second kappa shape index (κ2) is 8.50. The smallest absolute Gasteiger partial charge is 0.224 e. The highest BCUT2D eigenvalue weighted by atomic mass is 16.1. The van der Waals surface area contributed by atoms with E-state index in [9.17, 15) is 9.59 Å². The van der Waals surface area contributed by atoms with Crippen molar-refractivity contribution in [3.8, 4) is 0 Å². The molecule has 17 heavy (non-hydrogen) atoms. The molecule has 0 saturated heterocycles. The molecule has 0 atom stereocenters. The van der Waals surface area contributed by atoms with Gasteiger partial charge in [-0.1, -0.05) is 31.0 Å². The van der Waals surface area contributed by atoms with Crippen LogP contribution in [0, 0.1) is 0 Å². The summed E-state index contributed by atoms with van der Waals surface area (Å²) in [6.45, 7) is 0. The highest BCUT2D eigenvalue weighted by molar-refractivity contribution is 5.90. The van der Waals surface area contributed by atoms with E-state index >= 15 is 0 Å².